The van der Waals surface area contributed by atoms with Gasteiger partial charge in [-0.15, -0.1) is 12.4 Å². The van der Waals surface area contributed by atoms with Gasteiger partial charge in [0.25, 0.3) is 0 Å². The van der Waals surface area contributed by atoms with Crippen LogP contribution in [0.5, 0.6) is 0 Å². The van der Waals surface area contributed by atoms with E-state index in [4.69, 9.17) is 5.11 Å². The van der Waals surface area contributed by atoms with Crippen molar-refractivity contribution in [1.82, 2.24) is 9.80 Å². The van der Waals surface area contributed by atoms with Crippen molar-refractivity contribution in [2.75, 3.05) is 13.1 Å². The number of rotatable bonds is 5. The third-order valence-corrected chi connectivity index (χ3v) is 3.39. The molecule has 1 aliphatic heterocycles. The Bertz CT molecular complexity index is 313. The summed E-state index contributed by atoms with van der Waals surface area (Å²) in [7, 11) is 0. The molecule has 0 bridgehead atoms. The number of amides is 1. The minimum atomic E-state index is -0.819. The molecule has 0 aromatic heterocycles. The van der Waals surface area contributed by atoms with Crippen molar-refractivity contribution < 1.29 is 14.7 Å². The Morgan fingerprint density at radius 2 is 1.79 bits per heavy atom. The minimum Gasteiger partial charge on any atom is -0.480 e. The molecule has 1 amide bonds. The maximum atomic E-state index is 12.2. The fourth-order valence-corrected chi connectivity index (χ4v) is 2.72. The summed E-state index contributed by atoms with van der Waals surface area (Å²) in [5.74, 6) is -0.797. The molecule has 1 aliphatic rings. The van der Waals surface area contributed by atoms with E-state index in [0.717, 1.165) is 6.42 Å². The Hall–Kier alpha value is -0.810. The largest absolute Gasteiger partial charge is 0.480 e. The average molecular weight is 293 g/mol. The highest BCUT2D eigenvalue weighted by Crippen LogP contribution is 2.18. The van der Waals surface area contributed by atoms with Crippen LogP contribution in [0.1, 0.15) is 40.5 Å². The quantitative estimate of drug-likeness (QED) is 0.836. The summed E-state index contributed by atoms with van der Waals surface area (Å²) in [6.07, 6.45) is 1.50. The first-order chi connectivity index (χ1) is 8.34. The lowest BCUT2D eigenvalue weighted by atomic mass is 10.2. The van der Waals surface area contributed by atoms with Crippen molar-refractivity contribution in [2.24, 2.45) is 0 Å². The molecule has 1 fully saturated rings. The van der Waals surface area contributed by atoms with Crippen LogP contribution >= 0.6 is 12.4 Å². The van der Waals surface area contributed by atoms with Crippen LogP contribution in [-0.4, -0.2) is 58.0 Å². The lowest BCUT2D eigenvalue weighted by Crippen LogP contribution is -2.49. The minimum absolute atomic E-state index is 0. The summed E-state index contributed by atoms with van der Waals surface area (Å²) >= 11 is 0. The Labute approximate surface area is 121 Å². The topological polar surface area (TPSA) is 60.9 Å². The fourth-order valence-electron chi connectivity index (χ4n) is 2.72. The zero-order valence-corrected chi connectivity index (χ0v) is 12.9. The molecule has 1 saturated heterocycles. The molecule has 0 saturated carbocycles. The van der Waals surface area contributed by atoms with Crippen molar-refractivity contribution >= 4 is 24.3 Å². The van der Waals surface area contributed by atoms with Gasteiger partial charge in [-0.2, -0.15) is 0 Å². The van der Waals surface area contributed by atoms with Crippen molar-refractivity contribution in [2.45, 2.75) is 58.7 Å². The highest BCUT2D eigenvalue weighted by molar-refractivity contribution is 5.85. The highest BCUT2D eigenvalue weighted by Gasteiger charge is 2.33. The molecule has 1 heterocycles. The SMILES string of the molecule is CC(C)N(C(=O)CN1CCCC1C(=O)O)C(C)C.Cl. The van der Waals surface area contributed by atoms with E-state index in [0.29, 0.717) is 13.0 Å². The number of hydrogen-bond donors (Lipinski definition) is 1. The zero-order valence-electron chi connectivity index (χ0n) is 12.1. The van der Waals surface area contributed by atoms with Gasteiger partial charge >= 0.3 is 5.97 Å². The van der Waals surface area contributed by atoms with E-state index in [-0.39, 0.29) is 36.9 Å². The monoisotopic (exact) mass is 292 g/mol. The Morgan fingerprint density at radius 3 is 2.21 bits per heavy atom. The molecule has 112 valence electrons. The Kier molecular flexibility index (Phi) is 7.37. The zero-order chi connectivity index (χ0) is 13.9. The maximum Gasteiger partial charge on any atom is 0.320 e. The molecule has 1 atom stereocenters. The standard InChI is InChI=1S/C13H24N2O3.ClH/c1-9(2)15(10(3)4)12(16)8-14-7-5-6-11(14)13(17)18;/h9-11H,5-8H2,1-4H3,(H,17,18);1H. The molecule has 0 aromatic rings. The third kappa shape index (κ3) is 4.66. The third-order valence-electron chi connectivity index (χ3n) is 3.39. The number of carboxylic acids is 1. The van der Waals surface area contributed by atoms with Crippen molar-refractivity contribution in [1.29, 1.82) is 0 Å². The van der Waals surface area contributed by atoms with E-state index in [1.54, 1.807) is 4.90 Å². The molecule has 19 heavy (non-hydrogen) atoms. The second-order valence-electron chi connectivity index (χ2n) is 5.46. The van der Waals surface area contributed by atoms with E-state index in [9.17, 15) is 9.59 Å². The van der Waals surface area contributed by atoms with Gasteiger partial charge in [0, 0.05) is 12.1 Å². The number of aliphatic carboxylic acids is 1. The first-order valence-corrected chi connectivity index (χ1v) is 6.62. The molecule has 0 spiro atoms. The maximum absolute atomic E-state index is 12.2. The van der Waals surface area contributed by atoms with Crippen LogP contribution in [0.15, 0.2) is 0 Å². The van der Waals surface area contributed by atoms with Crippen LogP contribution in [0.25, 0.3) is 0 Å². The smallest absolute Gasteiger partial charge is 0.320 e. The summed E-state index contributed by atoms with van der Waals surface area (Å²) < 4.78 is 0. The van der Waals surface area contributed by atoms with Crippen molar-refractivity contribution in [3.8, 4) is 0 Å². The molecule has 1 N–H and O–H groups in total. The van der Waals surface area contributed by atoms with Gasteiger partial charge < -0.3 is 10.0 Å². The van der Waals surface area contributed by atoms with Crippen LogP contribution in [0.3, 0.4) is 0 Å². The van der Waals surface area contributed by atoms with Gasteiger partial charge in [0.05, 0.1) is 6.54 Å². The predicted octanol–water partition coefficient (Wildman–Crippen LogP) is 1.60. The van der Waals surface area contributed by atoms with Crippen LogP contribution in [0.2, 0.25) is 0 Å². The fraction of sp³-hybridized carbons (Fsp3) is 0.846. The molecule has 1 rings (SSSR count). The number of likely N-dealkylation sites (tertiary alicyclic amines) is 1. The summed E-state index contributed by atoms with van der Waals surface area (Å²) in [5.41, 5.74) is 0. The van der Waals surface area contributed by atoms with Crippen molar-refractivity contribution in [3.05, 3.63) is 0 Å². The first kappa shape index (κ1) is 18.2. The molecule has 5 nitrogen and oxygen atoms in total. The van der Waals surface area contributed by atoms with Gasteiger partial charge in [-0.1, -0.05) is 0 Å². The molecular weight excluding hydrogens is 268 g/mol. The first-order valence-electron chi connectivity index (χ1n) is 6.62. The summed E-state index contributed by atoms with van der Waals surface area (Å²) in [6, 6.07) is -0.207. The summed E-state index contributed by atoms with van der Waals surface area (Å²) in [5, 5.41) is 9.09. The number of hydrogen-bond acceptors (Lipinski definition) is 3. The molecule has 0 aliphatic carbocycles. The summed E-state index contributed by atoms with van der Waals surface area (Å²) in [6.45, 7) is 8.85. The van der Waals surface area contributed by atoms with Crippen molar-refractivity contribution in [3.63, 3.8) is 0 Å². The molecule has 1 unspecified atom stereocenters. The van der Waals surface area contributed by atoms with Crippen LogP contribution in [-0.2, 0) is 9.59 Å². The van der Waals surface area contributed by atoms with Gasteiger partial charge in [-0.25, -0.2) is 0 Å². The second kappa shape index (κ2) is 7.70. The predicted molar refractivity (Wildman–Crippen MR) is 76.6 cm³/mol. The number of halogens is 1. The Balaban J connectivity index is 0.00000324. The van der Waals surface area contributed by atoms with Crippen LogP contribution in [0, 0.1) is 0 Å². The molecular formula is C13H25ClN2O3. The van der Waals surface area contributed by atoms with Crippen LogP contribution < -0.4 is 0 Å². The van der Waals surface area contributed by atoms with E-state index in [1.807, 2.05) is 32.6 Å². The molecule has 0 aromatic carbocycles. The number of carbonyl (C=O) groups excluding carboxylic acids is 1. The van der Waals surface area contributed by atoms with Gasteiger partial charge in [-0.05, 0) is 47.1 Å². The highest BCUT2D eigenvalue weighted by atomic mass is 35.5. The number of nitrogens with zero attached hydrogens (tertiary/aromatic N) is 2. The van der Waals surface area contributed by atoms with Crippen LogP contribution in [0.4, 0.5) is 0 Å². The summed E-state index contributed by atoms with van der Waals surface area (Å²) in [4.78, 5) is 26.9. The van der Waals surface area contributed by atoms with E-state index in [1.165, 1.54) is 0 Å². The van der Waals surface area contributed by atoms with Gasteiger partial charge in [0.1, 0.15) is 6.04 Å². The molecule has 0 radical (unpaired) electrons. The lowest BCUT2D eigenvalue weighted by Gasteiger charge is -2.33. The molecule has 6 heteroatoms. The van der Waals surface area contributed by atoms with E-state index < -0.39 is 12.0 Å². The van der Waals surface area contributed by atoms with E-state index >= 15 is 0 Å². The van der Waals surface area contributed by atoms with Gasteiger partial charge in [0.15, 0.2) is 0 Å². The average Bonchev–Trinajstić information content (AvgIpc) is 2.63. The lowest BCUT2D eigenvalue weighted by molar-refractivity contribution is -0.144. The normalized spacial score (nSPS) is 19.6. The Morgan fingerprint density at radius 1 is 1.26 bits per heavy atom. The van der Waals surface area contributed by atoms with Gasteiger partial charge in [-0.3, -0.25) is 14.5 Å². The number of carboxylic acid groups (broad SMARTS) is 1. The second-order valence-corrected chi connectivity index (χ2v) is 5.46. The van der Waals surface area contributed by atoms with E-state index in [2.05, 4.69) is 0 Å². The van der Waals surface area contributed by atoms with Gasteiger partial charge in [0.2, 0.25) is 5.91 Å². The number of carbonyl (C=O) groups is 2.